The van der Waals surface area contributed by atoms with Crippen LogP contribution in [0.15, 0.2) is 12.1 Å². The van der Waals surface area contributed by atoms with E-state index in [1.165, 1.54) is 0 Å². The SMILES string of the molecule is CCCCCC1CCC(c2cc(F)c(OC(F)(F)C(F)C(F)(F)F)c(F)c2)CC1. The smallest absolute Gasteiger partial charge is 0.424 e. The molecule has 1 fully saturated rings. The fourth-order valence-electron chi connectivity index (χ4n) is 3.76. The highest BCUT2D eigenvalue weighted by Gasteiger charge is 2.59. The second kappa shape index (κ2) is 9.51. The van der Waals surface area contributed by atoms with Gasteiger partial charge in [-0.2, -0.15) is 22.0 Å². The quantitative estimate of drug-likeness (QED) is 0.302. The molecule has 0 heterocycles. The van der Waals surface area contributed by atoms with Gasteiger partial charge in [-0.3, -0.25) is 0 Å². The van der Waals surface area contributed by atoms with Gasteiger partial charge in [-0.25, -0.2) is 13.2 Å². The maximum Gasteiger partial charge on any atom is 0.439 e. The van der Waals surface area contributed by atoms with Crippen molar-refractivity contribution < 1.29 is 39.9 Å². The zero-order chi connectivity index (χ0) is 21.8. The molecule has 0 N–H and O–H groups in total. The standard InChI is InChI=1S/C20H24F8O/c1-2-3-4-5-12-6-8-13(9-7-12)14-10-15(21)17(16(22)11-14)29-20(27,28)18(23)19(24,25)26/h10-13,18H,2-9H2,1H3. The van der Waals surface area contributed by atoms with Gasteiger partial charge in [0.1, 0.15) is 0 Å². The van der Waals surface area contributed by atoms with E-state index in [2.05, 4.69) is 11.7 Å². The third-order valence-corrected chi connectivity index (χ3v) is 5.38. The van der Waals surface area contributed by atoms with Gasteiger partial charge in [0.15, 0.2) is 17.4 Å². The molecule has 2 rings (SSSR count). The van der Waals surface area contributed by atoms with Crippen LogP contribution in [0.2, 0.25) is 0 Å². The first kappa shape index (κ1) is 23.7. The first-order chi connectivity index (χ1) is 13.5. The molecule has 0 saturated heterocycles. The molecule has 1 aromatic carbocycles. The van der Waals surface area contributed by atoms with Crippen molar-refractivity contribution in [2.45, 2.75) is 82.7 Å². The number of benzene rings is 1. The molecule has 1 aromatic rings. The summed E-state index contributed by atoms with van der Waals surface area (Å²) in [6, 6.07) is 1.55. The molecule has 1 nitrogen and oxygen atoms in total. The molecule has 1 unspecified atom stereocenters. The number of hydrogen-bond donors (Lipinski definition) is 0. The van der Waals surface area contributed by atoms with Crippen LogP contribution in [0.3, 0.4) is 0 Å². The number of hydrogen-bond acceptors (Lipinski definition) is 1. The fourth-order valence-corrected chi connectivity index (χ4v) is 3.76. The Morgan fingerprint density at radius 1 is 0.966 bits per heavy atom. The molecule has 1 aliphatic carbocycles. The molecule has 0 aromatic heterocycles. The average Bonchev–Trinajstić information content (AvgIpc) is 2.64. The zero-order valence-corrected chi connectivity index (χ0v) is 16.0. The van der Waals surface area contributed by atoms with Crippen molar-refractivity contribution in [2.24, 2.45) is 5.92 Å². The number of rotatable bonds is 8. The van der Waals surface area contributed by atoms with Gasteiger partial charge >= 0.3 is 12.3 Å². The van der Waals surface area contributed by atoms with E-state index in [1.807, 2.05) is 0 Å². The average molecular weight is 432 g/mol. The Kier molecular flexibility index (Phi) is 7.79. The lowest BCUT2D eigenvalue weighted by atomic mass is 9.77. The summed E-state index contributed by atoms with van der Waals surface area (Å²) < 4.78 is 108. The third-order valence-electron chi connectivity index (χ3n) is 5.38. The van der Waals surface area contributed by atoms with Gasteiger partial charge in [0.05, 0.1) is 0 Å². The highest BCUT2D eigenvalue weighted by atomic mass is 19.4. The monoisotopic (exact) mass is 432 g/mol. The normalized spacial score (nSPS) is 21.8. The van der Waals surface area contributed by atoms with Gasteiger partial charge < -0.3 is 4.74 Å². The van der Waals surface area contributed by atoms with Crippen molar-refractivity contribution in [2.75, 3.05) is 0 Å². The van der Waals surface area contributed by atoms with Gasteiger partial charge in [-0.05, 0) is 55.2 Å². The van der Waals surface area contributed by atoms with E-state index in [1.54, 1.807) is 0 Å². The van der Waals surface area contributed by atoms with Gasteiger partial charge in [-0.1, -0.05) is 32.6 Å². The van der Waals surface area contributed by atoms with E-state index in [0.29, 0.717) is 18.8 Å². The lowest BCUT2D eigenvalue weighted by molar-refractivity contribution is -0.306. The molecule has 1 aliphatic rings. The van der Waals surface area contributed by atoms with Gasteiger partial charge in [0, 0.05) is 0 Å². The van der Waals surface area contributed by atoms with Crippen LogP contribution in [0.5, 0.6) is 5.75 Å². The number of ether oxygens (including phenoxy) is 1. The maximum atomic E-state index is 14.1. The first-order valence-corrected chi connectivity index (χ1v) is 9.72. The summed E-state index contributed by atoms with van der Waals surface area (Å²) in [5, 5.41) is 0. The Morgan fingerprint density at radius 2 is 1.52 bits per heavy atom. The van der Waals surface area contributed by atoms with Gasteiger partial charge in [0.2, 0.25) is 0 Å². The fraction of sp³-hybridized carbons (Fsp3) is 0.700. The molecule has 29 heavy (non-hydrogen) atoms. The Bertz CT molecular complexity index is 642. The Balaban J connectivity index is 2.06. The van der Waals surface area contributed by atoms with Crippen molar-refractivity contribution in [1.29, 1.82) is 0 Å². The molecule has 0 bridgehead atoms. The van der Waals surface area contributed by atoms with Crippen LogP contribution >= 0.6 is 0 Å². The van der Waals surface area contributed by atoms with Crippen LogP contribution in [0.1, 0.15) is 69.8 Å². The van der Waals surface area contributed by atoms with Crippen molar-refractivity contribution in [3.63, 3.8) is 0 Å². The molecule has 166 valence electrons. The molecule has 0 amide bonds. The predicted octanol–water partition coefficient (Wildman–Crippen LogP) is 7.69. The Hall–Kier alpha value is -1.54. The summed E-state index contributed by atoms with van der Waals surface area (Å²) in [5.41, 5.74) is 0.232. The molecular formula is C20H24F8O. The van der Waals surface area contributed by atoms with Crippen LogP contribution in [0.25, 0.3) is 0 Å². The van der Waals surface area contributed by atoms with E-state index in [0.717, 1.165) is 50.7 Å². The number of halogens is 8. The first-order valence-electron chi connectivity index (χ1n) is 9.72. The largest absolute Gasteiger partial charge is 0.439 e. The minimum atomic E-state index is -5.94. The van der Waals surface area contributed by atoms with Crippen molar-refractivity contribution in [3.05, 3.63) is 29.3 Å². The second-order valence-corrected chi connectivity index (χ2v) is 7.60. The summed E-state index contributed by atoms with van der Waals surface area (Å²) in [4.78, 5) is 0. The molecule has 0 aliphatic heterocycles. The maximum absolute atomic E-state index is 14.1. The van der Waals surface area contributed by atoms with Gasteiger partial charge in [0.25, 0.3) is 6.17 Å². The summed E-state index contributed by atoms with van der Waals surface area (Å²) in [5.74, 6) is -4.53. The lowest BCUT2D eigenvalue weighted by Crippen LogP contribution is -2.46. The van der Waals surface area contributed by atoms with Crippen molar-refractivity contribution in [1.82, 2.24) is 0 Å². The summed E-state index contributed by atoms with van der Waals surface area (Å²) in [6.07, 6.45) is -8.52. The highest BCUT2D eigenvalue weighted by molar-refractivity contribution is 5.33. The molecule has 0 radical (unpaired) electrons. The molecule has 1 atom stereocenters. The molecular weight excluding hydrogens is 408 g/mol. The van der Waals surface area contributed by atoms with Crippen molar-refractivity contribution >= 4 is 0 Å². The summed E-state index contributed by atoms with van der Waals surface area (Å²) >= 11 is 0. The van der Waals surface area contributed by atoms with Crippen LogP contribution < -0.4 is 4.74 Å². The highest BCUT2D eigenvalue weighted by Crippen LogP contribution is 2.41. The Morgan fingerprint density at radius 3 is 2.00 bits per heavy atom. The van der Waals surface area contributed by atoms with E-state index < -0.39 is 35.8 Å². The van der Waals surface area contributed by atoms with Gasteiger partial charge in [-0.15, -0.1) is 0 Å². The molecule has 1 saturated carbocycles. The van der Waals surface area contributed by atoms with Crippen LogP contribution in [0.4, 0.5) is 35.1 Å². The minimum absolute atomic E-state index is 0.180. The van der Waals surface area contributed by atoms with Crippen molar-refractivity contribution in [3.8, 4) is 5.75 Å². The van der Waals surface area contributed by atoms with Crippen LogP contribution in [-0.2, 0) is 0 Å². The number of alkyl halides is 6. The zero-order valence-electron chi connectivity index (χ0n) is 16.0. The topological polar surface area (TPSA) is 9.23 Å². The van der Waals surface area contributed by atoms with E-state index in [9.17, 15) is 35.1 Å². The number of unbranched alkanes of at least 4 members (excludes halogenated alkanes) is 2. The summed E-state index contributed by atoms with van der Waals surface area (Å²) in [7, 11) is 0. The van der Waals surface area contributed by atoms with E-state index in [4.69, 9.17) is 0 Å². The van der Waals surface area contributed by atoms with E-state index >= 15 is 0 Å². The lowest BCUT2D eigenvalue weighted by Gasteiger charge is -2.29. The van der Waals surface area contributed by atoms with Crippen LogP contribution in [-0.4, -0.2) is 18.5 Å². The summed E-state index contributed by atoms with van der Waals surface area (Å²) in [6.45, 7) is 2.11. The molecule has 0 spiro atoms. The second-order valence-electron chi connectivity index (χ2n) is 7.60. The third kappa shape index (κ3) is 6.22. The van der Waals surface area contributed by atoms with E-state index in [-0.39, 0.29) is 11.5 Å². The van der Waals surface area contributed by atoms with Crippen LogP contribution in [0, 0.1) is 17.6 Å². The minimum Gasteiger partial charge on any atom is -0.424 e. The predicted molar refractivity (Wildman–Crippen MR) is 91.7 cm³/mol. The molecule has 9 heteroatoms. The Labute approximate surface area is 164 Å².